The van der Waals surface area contributed by atoms with Crippen LogP contribution in [0.5, 0.6) is 5.75 Å². The molecule has 0 aromatic heterocycles. The number of hydrogen-bond donors (Lipinski definition) is 1. The number of aryl methyl sites for hydroxylation is 1. The molecule has 3 nitrogen and oxygen atoms in total. The Morgan fingerprint density at radius 2 is 2.00 bits per heavy atom. The van der Waals surface area contributed by atoms with Gasteiger partial charge < -0.3 is 14.6 Å². The topological polar surface area (TPSA) is 38.7 Å². The molecule has 1 atom stereocenters. The summed E-state index contributed by atoms with van der Waals surface area (Å²) in [6.45, 7) is 8.45. The fourth-order valence-electron chi connectivity index (χ4n) is 1.60. The van der Waals surface area contributed by atoms with Gasteiger partial charge in [-0.1, -0.05) is 6.07 Å². The van der Waals surface area contributed by atoms with E-state index in [9.17, 15) is 5.11 Å². The predicted molar refractivity (Wildman–Crippen MR) is 73.0 cm³/mol. The van der Waals surface area contributed by atoms with Crippen LogP contribution in [0.1, 0.15) is 44.4 Å². The number of hydrogen-bond acceptors (Lipinski definition) is 3. The summed E-state index contributed by atoms with van der Waals surface area (Å²) in [5, 5.41) is 9.50. The summed E-state index contributed by atoms with van der Waals surface area (Å²) in [4.78, 5) is 0. The van der Waals surface area contributed by atoms with E-state index in [0.29, 0.717) is 6.61 Å². The largest absolute Gasteiger partial charge is 0.493 e. The molecule has 1 rings (SSSR count). The Bertz CT molecular complexity index is 383. The normalized spacial score (nSPS) is 13.4. The molecule has 0 amide bonds. The molecule has 0 bridgehead atoms. The molecule has 0 heterocycles. The molecule has 0 aliphatic rings. The van der Waals surface area contributed by atoms with E-state index >= 15 is 0 Å². The molecule has 0 saturated heterocycles. The quantitative estimate of drug-likeness (QED) is 0.844. The van der Waals surface area contributed by atoms with Gasteiger partial charge in [-0.3, -0.25) is 0 Å². The molecule has 0 fully saturated rings. The molecule has 102 valence electrons. The van der Waals surface area contributed by atoms with Crippen LogP contribution in [0.15, 0.2) is 18.2 Å². The monoisotopic (exact) mass is 252 g/mol. The number of aliphatic hydroxyl groups excluding tert-OH is 1. The van der Waals surface area contributed by atoms with E-state index in [4.69, 9.17) is 9.47 Å². The molecule has 1 aromatic rings. The minimum Gasteiger partial charge on any atom is -0.493 e. The average molecular weight is 252 g/mol. The maximum Gasteiger partial charge on any atom is 0.122 e. The molecular formula is C15H24O3. The summed E-state index contributed by atoms with van der Waals surface area (Å²) in [5.41, 5.74) is 1.80. The highest BCUT2D eigenvalue weighted by molar-refractivity contribution is 5.36. The van der Waals surface area contributed by atoms with E-state index in [2.05, 4.69) is 0 Å². The van der Waals surface area contributed by atoms with Gasteiger partial charge in [-0.25, -0.2) is 0 Å². The third-order valence-electron chi connectivity index (χ3n) is 3.20. The van der Waals surface area contributed by atoms with Crippen LogP contribution in [0.3, 0.4) is 0 Å². The van der Waals surface area contributed by atoms with E-state index in [-0.39, 0.29) is 5.60 Å². The molecule has 1 N–H and O–H groups in total. The van der Waals surface area contributed by atoms with Crippen molar-refractivity contribution in [2.24, 2.45) is 0 Å². The second-order valence-corrected chi connectivity index (χ2v) is 5.26. The third kappa shape index (κ3) is 4.31. The summed E-state index contributed by atoms with van der Waals surface area (Å²) in [6, 6.07) is 5.77. The van der Waals surface area contributed by atoms with Crippen LogP contribution in [0.4, 0.5) is 0 Å². The lowest BCUT2D eigenvalue weighted by molar-refractivity contribution is 0.00539. The molecule has 0 aliphatic carbocycles. The van der Waals surface area contributed by atoms with Gasteiger partial charge in [-0.15, -0.1) is 0 Å². The summed E-state index contributed by atoms with van der Waals surface area (Å²) in [6.07, 6.45) is 0.395. The van der Waals surface area contributed by atoms with Crippen LogP contribution in [0.2, 0.25) is 0 Å². The molecule has 0 aliphatic heterocycles. The second kappa shape index (κ2) is 6.21. The van der Waals surface area contributed by atoms with Gasteiger partial charge in [0.05, 0.1) is 18.3 Å². The predicted octanol–water partition coefficient (Wildman–Crippen LogP) is 3.24. The van der Waals surface area contributed by atoms with Gasteiger partial charge in [-0.05, 0) is 51.0 Å². The highest BCUT2D eigenvalue weighted by atomic mass is 16.5. The van der Waals surface area contributed by atoms with Crippen molar-refractivity contribution in [2.45, 2.75) is 45.8 Å². The van der Waals surface area contributed by atoms with Crippen LogP contribution in [-0.4, -0.2) is 24.4 Å². The van der Waals surface area contributed by atoms with E-state index < -0.39 is 6.10 Å². The fourth-order valence-corrected chi connectivity index (χ4v) is 1.60. The summed E-state index contributed by atoms with van der Waals surface area (Å²) in [5.74, 6) is 0.867. The van der Waals surface area contributed by atoms with E-state index in [1.165, 1.54) is 0 Å². The van der Waals surface area contributed by atoms with E-state index in [0.717, 1.165) is 23.3 Å². The maximum atomic E-state index is 9.50. The highest BCUT2D eigenvalue weighted by Crippen LogP contribution is 2.23. The Morgan fingerprint density at radius 1 is 1.33 bits per heavy atom. The Morgan fingerprint density at radius 3 is 2.50 bits per heavy atom. The van der Waals surface area contributed by atoms with Crippen LogP contribution in [0.25, 0.3) is 0 Å². The summed E-state index contributed by atoms with van der Waals surface area (Å²) < 4.78 is 11.1. The van der Waals surface area contributed by atoms with Crippen molar-refractivity contribution in [3.8, 4) is 5.75 Å². The van der Waals surface area contributed by atoms with Crippen molar-refractivity contribution in [2.75, 3.05) is 13.7 Å². The maximum absolute atomic E-state index is 9.50. The van der Waals surface area contributed by atoms with Gasteiger partial charge in [0, 0.05) is 13.5 Å². The summed E-state index contributed by atoms with van der Waals surface area (Å²) in [7, 11) is 1.71. The van der Waals surface area contributed by atoms with Crippen LogP contribution >= 0.6 is 0 Å². The third-order valence-corrected chi connectivity index (χ3v) is 3.20. The van der Waals surface area contributed by atoms with Crippen molar-refractivity contribution in [1.82, 2.24) is 0 Å². The molecule has 1 aromatic carbocycles. The van der Waals surface area contributed by atoms with Crippen LogP contribution in [-0.2, 0) is 4.74 Å². The zero-order valence-electron chi connectivity index (χ0n) is 12.0. The van der Waals surface area contributed by atoms with Gasteiger partial charge in [0.25, 0.3) is 0 Å². The molecular weight excluding hydrogens is 228 g/mol. The average Bonchev–Trinajstić information content (AvgIpc) is 2.31. The molecule has 18 heavy (non-hydrogen) atoms. The number of benzene rings is 1. The molecule has 0 saturated carbocycles. The Hall–Kier alpha value is -1.06. The smallest absolute Gasteiger partial charge is 0.122 e. The lowest BCUT2D eigenvalue weighted by Crippen LogP contribution is -2.25. The van der Waals surface area contributed by atoms with Crippen molar-refractivity contribution < 1.29 is 14.6 Å². The summed E-state index contributed by atoms with van der Waals surface area (Å²) >= 11 is 0. The number of aliphatic hydroxyl groups is 1. The minimum absolute atomic E-state index is 0.159. The lowest BCUT2D eigenvalue weighted by atomic mass is 10.1. The number of ether oxygens (including phenoxy) is 2. The standard InChI is InChI=1S/C15H24O3/c1-11-10-13(12(2)16)6-7-14(11)18-9-8-15(3,4)17-5/h6-7,10,12,16H,8-9H2,1-5H3. The van der Waals surface area contributed by atoms with Crippen molar-refractivity contribution in [3.63, 3.8) is 0 Å². The zero-order valence-corrected chi connectivity index (χ0v) is 12.0. The van der Waals surface area contributed by atoms with Gasteiger partial charge in [-0.2, -0.15) is 0 Å². The Kier molecular flexibility index (Phi) is 5.17. The van der Waals surface area contributed by atoms with Gasteiger partial charge in [0.1, 0.15) is 5.75 Å². The van der Waals surface area contributed by atoms with Crippen molar-refractivity contribution in [1.29, 1.82) is 0 Å². The van der Waals surface area contributed by atoms with Crippen molar-refractivity contribution in [3.05, 3.63) is 29.3 Å². The van der Waals surface area contributed by atoms with Crippen LogP contribution in [0, 0.1) is 6.92 Å². The SMILES string of the molecule is COC(C)(C)CCOc1ccc(C(C)O)cc1C. The van der Waals surface area contributed by atoms with Crippen LogP contribution < -0.4 is 4.74 Å². The lowest BCUT2D eigenvalue weighted by Gasteiger charge is -2.23. The first-order valence-electron chi connectivity index (χ1n) is 6.32. The van der Waals surface area contributed by atoms with E-state index in [1.54, 1.807) is 14.0 Å². The molecule has 0 spiro atoms. The van der Waals surface area contributed by atoms with Gasteiger partial charge >= 0.3 is 0 Å². The molecule has 3 heteroatoms. The fraction of sp³-hybridized carbons (Fsp3) is 0.600. The Balaban J connectivity index is 2.58. The van der Waals surface area contributed by atoms with E-state index in [1.807, 2.05) is 39.0 Å². The number of rotatable bonds is 6. The highest BCUT2D eigenvalue weighted by Gasteiger charge is 2.16. The zero-order chi connectivity index (χ0) is 13.8. The van der Waals surface area contributed by atoms with Gasteiger partial charge in [0.2, 0.25) is 0 Å². The minimum atomic E-state index is -0.440. The Labute approximate surface area is 110 Å². The first kappa shape index (κ1) is 15.0. The first-order valence-corrected chi connectivity index (χ1v) is 6.32. The molecule has 0 radical (unpaired) electrons. The second-order valence-electron chi connectivity index (χ2n) is 5.26. The number of methoxy groups -OCH3 is 1. The van der Waals surface area contributed by atoms with Gasteiger partial charge in [0.15, 0.2) is 0 Å². The molecule has 1 unspecified atom stereocenters. The van der Waals surface area contributed by atoms with Crippen molar-refractivity contribution >= 4 is 0 Å². The first-order chi connectivity index (χ1) is 8.35.